The molecule has 0 saturated heterocycles. The average Bonchev–Trinajstić information content (AvgIpc) is 1.85. The molecule has 1 atom stereocenters. The Morgan fingerprint density at radius 3 is 2.56 bits per heavy atom. The first-order chi connectivity index (χ1) is 4.31. The fourth-order valence-electron chi connectivity index (χ4n) is 0.755. The van der Waals surface area contributed by atoms with Crippen LogP contribution in [0.3, 0.4) is 0 Å². The van der Waals surface area contributed by atoms with E-state index in [1.807, 2.05) is 7.05 Å². The van der Waals surface area contributed by atoms with Crippen molar-refractivity contribution in [3.8, 4) is 0 Å². The van der Waals surface area contributed by atoms with Crippen molar-refractivity contribution in [3.63, 3.8) is 0 Å². The van der Waals surface area contributed by atoms with Crippen LogP contribution in [0.25, 0.3) is 0 Å². The molecular formula is C7H17NO. The van der Waals surface area contributed by atoms with E-state index in [-0.39, 0.29) is 0 Å². The van der Waals surface area contributed by atoms with Gasteiger partial charge in [-0.25, -0.2) is 0 Å². The van der Waals surface area contributed by atoms with Gasteiger partial charge in [0, 0.05) is 6.61 Å². The van der Waals surface area contributed by atoms with Crippen LogP contribution in [0.5, 0.6) is 0 Å². The fourth-order valence-corrected chi connectivity index (χ4v) is 0.755. The molecule has 2 nitrogen and oxygen atoms in total. The Morgan fingerprint density at radius 1 is 1.44 bits per heavy atom. The van der Waals surface area contributed by atoms with Crippen molar-refractivity contribution in [2.45, 2.75) is 19.8 Å². The van der Waals surface area contributed by atoms with Gasteiger partial charge in [-0.2, -0.15) is 0 Å². The van der Waals surface area contributed by atoms with E-state index >= 15 is 0 Å². The van der Waals surface area contributed by atoms with E-state index in [1.165, 1.54) is 0 Å². The Hall–Kier alpha value is -0.0800. The maximum atomic E-state index is 8.52. The van der Waals surface area contributed by atoms with Crippen molar-refractivity contribution in [3.05, 3.63) is 0 Å². The predicted molar refractivity (Wildman–Crippen MR) is 39.4 cm³/mol. The second kappa shape index (κ2) is 6.05. The molecule has 0 amide bonds. The lowest BCUT2D eigenvalue weighted by Gasteiger charge is -2.07. The van der Waals surface area contributed by atoms with Crippen LogP contribution in [0, 0.1) is 5.92 Å². The molecule has 0 aliphatic rings. The van der Waals surface area contributed by atoms with Crippen molar-refractivity contribution < 1.29 is 5.11 Å². The Morgan fingerprint density at radius 2 is 2.11 bits per heavy atom. The summed E-state index contributed by atoms with van der Waals surface area (Å²) in [7, 11) is 1.95. The van der Waals surface area contributed by atoms with Crippen LogP contribution in [-0.2, 0) is 0 Å². The minimum atomic E-state index is 0.324. The topological polar surface area (TPSA) is 32.3 Å². The van der Waals surface area contributed by atoms with E-state index in [9.17, 15) is 0 Å². The maximum absolute atomic E-state index is 8.52. The van der Waals surface area contributed by atoms with E-state index in [0.717, 1.165) is 19.4 Å². The predicted octanol–water partition coefficient (Wildman–Crippen LogP) is 0.614. The molecule has 2 N–H and O–H groups in total. The first kappa shape index (κ1) is 8.92. The van der Waals surface area contributed by atoms with Crippen molar-refractivity contribution in [1.29, 1.82) is 0 Å². The van der Waals surface area contributed by atoms with Gasteiger partial charge in [-0.3, -0.25) is 0 Å². The molecule has 0 aromatic carbocycles. The molecule has 0 spiro atoms. The summed E-state index contributed by atoms with van der Waals surface area (Å²) in [5.74, 6) is 0.655. The monoisotopic (exact) mass is 131 g/mol. The molecule has 0 aliphatic heterocycles. The molecule has 0 fully saturated rings. The number of aliphatic hydroxyl groups is 1. The van der Waals surface area contributed by atoms with Crippen LogP contribution >= 0.6 is 0 Å². The van der Waals surface area contributed by atoms with E-state index < -0.39 is 0 Å². The highest BCUT2D eigenvalue weighted by Gasteiger charge is 1.97. The SMILES string of the molecule is CNCCC(C)CCO. The molecule has 0 radical (unpaired) electrons. The van der Waals surface area contributed by atoms with Gasteiger partial charge in [0.1, 0.15) is 0 Å². The summed E-state index contributed by atoms with van der Waals surface area (Å²) >= 11 is 0. The molecule has 0 aromatic heterocycles. The summed E-state index contributed by atoms with van der Waals surface area (Å²) < 4.78 is 0. The van der Waals surface area contributed by atoms with Gasteiger partial charge in [0.2, 0.25) is 0 Å². The van der Waals surface area contributed by atoms with Crippen LogP contribution in [0.4, 0.5) is 0 Å². The zero-order valence-electron chi connectivity index (χ0n) is 6.35. The zero-order valence-corrected chi connectivity index (χ0v) is 6.35. The molecule has 2 heteroatoms. The van der Waals surface area contributed by atoms with E-state index in [2.05, 4.69) is 12.2 Å². The molecule has 0 saturated carbocycles. The maximum Gasteiger partial charge on any atom is 0.0433 e. The molecule has 0 bridgehead atoms. The molecule has 56 valence electrons. The molecule has 0 heterocycles. The smallest absolute Gasteiger partial charge is 0.0433 e. The zero-order chi connectivity index (χ0) is 7.11. The summed E-state index contributed by atoms with van der Waals surface area (Å²) in [6.45, 7) is 3.54. The summed E-state index contributed by atoms with van der Waals surface area (Å²) in [5, 5.41) is 11.6. The minimum Gasteiger partial charge on any atom is -0.396 e. The summed E-state index contributed by atoms with van der Waals surface area (Å²) in [6.07, 6.45) is 2.10. The van der Waals surface area contributed by atoms with E-state index in [1.54, 1.807) is 0 Å². The molecule has 0 aliphatic carbocycles. The third-order valence-electron chi connectivity index (χ3n) is 1.51. The Labute approximate surface area is 57.3 Å². The number of hydrogen-bond acceptors (Lipinski definition) is 2. The van der Waals surface area contributed by atoms with Crippen LogP contribution in [0.15, 0.2) is 0 Å². The first-order valence-corrected chi connectivity index (χ1v) is 3.56. The minimum absolute atomic E-state index is 0.324. The highest BCUT2D eigenvalue weighted by molar-refractivity contribution is 4.52. The second-order valence-electron chi connectivity index (χ2n) is 2.51. The highest BCUT2D eigenvalue weighted by atomic mass is 16.2. The average molecular weight is 131 g/mol. The normalized spacial score (nSPS) is 13.7. The van der Waals surface area contributed by atoms with Crippen molar-refractivity contribution >= 4 is 0 Å². The summed E-state index contributed by atoms with van der Waals surface area (Å²) in [5.41, 5.74) is 0. The molecule has 0 rings (SSSR count). The van der Waals surface area contributed by atoms with Crippen LogP contribution in [0.2, 0.25) is 0 Å². The van der Waals surface area contributed by atoms with Gasteiger partial charge in [-0.05, 0) is 32.4 Å². The lowest BCUT2D eigenvalue weighted by molar-refractivity contribution is 0.258. The van der Waals surface area contributed by atoms with E-state index in [4.69, 9.17) is 5.11 Å². The van der Waals surface area contributed by atoms with E-state index in [0.29, 0.717) is 12.5 Å². The number of hydrogen-bond donors (Lipinski definition) is 2. The lowest BCUT2D eigenvalue weighted by atomic mass is 10.1. The standard InChI is InChI=1S/C7H17NO/c1-7(4-6-9)3-5-8-2/h7-9H,3-6H2,1-2H3. The van der Waals surface area contributed by atoms with Gasteiger partial charge in [-0.1, -0.05) is 6.92 Å². The van der Waals surface area contributed by atoms with Crippen molar-refractivity contribution in [2.75, 3.05) is 20.2 Å². The second-order valence-corrected chi connectivity index (χ2v) is 2.51. The van der Waals surface area contributed by atoms with Gasteiger partial charge < -0.3 is 10.4 Å². The Kier molecular flexibility index (Phi) is 5.99. The van der Waals surface area contributed by atoms with Gasteiger partial charge in [0.25, 0.3) is 0 Å². The molecular weight excluding hydrogens is 114 g/mol. The Balaban J connectivity index is 2.95. The van der Waals surface area contributed by atoms with Gasteiger partial charge in [-0.15, -0.1) is 0 Å². The van der Waals surface area contributed by atoms with Crippen LogP contribution < -0.4 is 5.32 Å². The molecule has 1 unspecified atom stereocenters. The van der Waals surface area contributed by atoms with Crippen molar-refractivity contribution in [1.82, 2.24) is 5.32 Å². The fraction of sp³-hybridized carbons (Fsp3) is 1.00. The Bertz CT molecular complexity index is 56.9. The van der Waals surface area contributed by atoms with Gasteiger partial charge in [0.05, 0.1) is 0 Å². The number of rotatable bonds is 5. The summed E-state index contributed by atoms with van der Waals surface area (Å²) in [4.78, 5) is 0. The quantitative estimate of drug-likeness (QED) is 0.573. The largest absolute Gasteiger partial charge is 0.396 e. The molecule has 9 heavy (non-hydrogen) atoms. The first-order valence-electron chi connectivity index (χ1n) is 3.56. The van der Waals surface area contributed by atoms with Crippen LogP contribution in [0.1, 0.15) is 19.8 Å². The van der Waals surface area contributed by atoms with Gasteiger partial charge >= 0.3 is 0 Å². The lowest BCUT2D eigenvalue weighted by Crippen LogP contribution is -2.12. The van der Waals surface area contributed by atoms with Gasteiger partial charge in [0.15, 0.2) is 0 Å². The third kappa shape index (κ3) is 5.80. The van der Waals surface area contributed by atoms with Crippen molar-refractivity contribution in [2.24, 2.45) is 5.92 Å². The molecule has 0 aromatic rings. The number of nitrogens with one attached hydrogen (secondary N) is 1. The summed E-state index contributed by atoms with van der Waals surface area (Å²) in [6, 6.07) is 0. The highest BCUT2D eigenvalue weighted by Crippen LogP contribution is 2.03. The number of aliphatic hydroxyl groups excluding tert-OH is 1. The van der Waals surface area contributed by atoms with Crippen LogP contribution in [-0.4, -0.2) is 25.3 Å². The third-order valence-corrected chi connectivity index (χ3v) is 1.51.